The second kappa shape index (κ2) is 15.3. The van der Waals surface area contributed by atoms with Gasteiger partial charge in [0.2, 0.25) is 29.5 Å². The third-order valence-corrected chi connectivity index (χ3v) is 6.47. The maximum atomic E-state index is 13.2. The van der Waals surface area contributed by atoms with E-state index in [1.807, 2.05) is 24.3 Å². The molecule has 1 aromatic heterocycles. The Morgan fingerprint density at radius 3 is 1.92 bits per heavy atom. The fourth-order valence-electron chi connectivity index (χ4n) is 3.50. The summed E-state index contributed by atoms with van der Waals surface area (Å²) in [5.41, 5.74) is 12.3. The van der Waals surface area contributed by atoms with Crippen LogP contribution in [0.1, 0.15) is 5.56 Å². The lowest BCUT2D eigenvalue weighted by Crippen LogP contribution is -2.60. The Morgan fingerprint density at radius 2 is 1.33 bits per heavy atom. The van der Waals surface area contributed by atoms with E-state index in [1.54, 1.807) is 6.20 Å². The first kappa shape index (κ1) is 31.9. The molecule has 0 saturated carbocycles. The van der Waals surface area contributed by atoms with Crippen LogP contribution in [-0.2, 0) is 30.4 Å². The third-order valence-electron chi connectivity index (χ3n) is 5.74. The molecule has 0 aliphatic carbocycles. The van der Waals surface area contributed by atoms with Gasteiger partial charge in [-0.1, -0.05) is 18.2 Å². The Balaban J connectivity index is 2.17. The topological polar surface area (TPSA) is 242 Å². The molecule has 0 aliphatic heterocycles. The SMILES string of the molecule is NC(=O)[C@H](CS)NC(=O)[C@H](CO)NC(=O)[C@H](CS)NC(=O)[C@H](Cc1c[nH]c2ccccc12)NC(=O)[C@@H](N)CO. The van der Waals surface area contributed by atoms with Crippen molar-refractivity contribution in [3.8, 4) is 0 Å². The molecule has 16 heteroatoms. The smallest absolute Gasteiger partial charge is 0.245 e. The normalized spacial score (nSPS) is 14.9. The fourth-order valence-corrected chi connectivity index (χ4v) is 4.03. The number of thiol groups is 2. The lowest BCUT2D eigenvalue weighted by molar-refractivity contribution is -0.134. The molecule has 0 unspecified atom stereocenters. The number of para-hydroxylation sites is 1. The maximum absolute atomic E-state index is 13.2. The highest BCUT2D eigenvalue weighted by molar-refractivity contribution is 7.80. The number of aliphatic hydroxyl groups excluding tert-OH is 2. The summed E-state index contributed by atoms with van der Waals surface area (Å²) in [6, 6.07) is 0.944. The Kier molecular flexibility index (Phi) is 12.5. The number of hydrogen-bond donors (Lipinski definition) is 11. The lowest BCUT2D eigenvalue weighted by atomic mass is 10.0. The molecular weight excluding hydrogens is 550 g/mol. The molecule has 0 radical (unpaired) electrons. The number of aromatic amines is 1. The van der Waals surface area contributed by atoms with Gasteiger partial charge in [0.25, 0.3) is 0 Å². The summed E-state index contributed by atoms with van der Waals surface area (Å²) in [6.07, 6.45) is 1.70. The number of aliphatic hydroxyl groups is 2. The predicted octanol–water partition coefficient (Wildman–Crippen LogP) is -3.69. The van der Waals surface area contributed by atoms with E-state index in [-0.39, 0.29) is 17.9 Å². The fraction of sp³-hybridized carbons (Fsp3) is 0.435. The van der Waals surface area contributed by atoms with Crippen LogP contribution in [0.2, 0.25) is 0 Å². The van der Waals surface area contributed by atoms with Crippen molar-refractivity contribution in [1.29, 1.82) is 0 Å². The van der Waals surface area contributed by atoms with Crippen LogP contribution in [0.3, 0.4) is 0 Å². The van der Waals surface area contributed by atoms with Gasteiger partial charge in [0, 0.05) is 35.0 Å². The first-order valence-electron chi connectivity index (χ1n) is 11.8. The minimum absolute atomic E-state index is 0.0144. The van der Waals surface area contributed by atoms with Gasteiger partial charge < -0.3 is 47.9 Å². The standard InChI is InChI=1S/C23H33N7O7S2/c24-13(7-31)20(34)27-15(5-11-6-26-14-4-2-1-3-12(11)14)21(35)30-18(10-39)23(37)28-16(8-32)22(36)29-17(9-38)19(25)33/h1-4,6,13,15-18,26,31-32,38-39H,5,7-10,24H2,(H2,25,33)(H,27,34)(H,28,37)(H,29,36)(H,30,35)/t13-,15-,16-,17-,18-/m0/s1. The summed E-state index contributed by atoms with van der Waals surface area (Å²) in [5.74, 6) is -4.47. The molecule has 0 fully saturated rings. The first-order chi connectivity index (χ1) is 18.6. The van der Waals surface area contributed by atoms with Gasteiger partial charge in [-0.05, 0) is 11.6 Å². The number of nitrogens with one attached hydrogen (secondary N) is 5. The third kappa shape index (κ3) is 8.86. The zero-order valence-electron chi connectivity index (χ0n) is 20.8. The molecular formula is C23H33N7O7S2. The summed E-state index contributed by atoms with van der Waals surface area (Å²) in [7, 11) is 0. The molecule has 5 atom stereocenters. The number of benzene rings is 1. The number of nitrogens with two attached hydrogens (primary N) is 2. The van der Waals surface area contributed by atoms with E-state index in [4.69, 9.17) is 11.5 Å². The number of amides is 5. The summed E-state index contributed by atoms with van der Waals surface area (Å²) >= 11 is 8.02. The highest BCUT2D eigenvalue weighted by Gasteiger charge is 2.31. The molecule has 214 valence electrons. The monoisotopic (exact) mass is 583 g/mol. The van der Waals surface area contributed by atoms with E-state index in [0.717, 1.165) is 10.9 Å². The van der Waals surface area contributed by atoms with Crippen LogP contribution >= 0.6 is 25.3 Å². The van der Waals surface area contributed by atoms with Gasteiger partial charge in [-0.2, -0.15) is 25.3 Å². The molecule has 0 saturated heterocycles. The zero-order valence-corrected chi connectivity index (χ0v) is 22.6. The number of rotatable bonds is 15. The Hall–Kier alpha value is -3.31. The van der Waals surface area contributed by atoms with Crippen LogP contribution in [-0.4, -0.2) is 99.7 Å². The van der Waals surface area contributed by atoms with Crippen molar-refractivity contribution in [2.45, 2.75) is 36.6 Å². The van der Waals surface area contributed by atoms with Crippen LogP contribution in [0.25, 0.3) is 10.9 Å². The van der Waals surface area contributed by atoms with E-state index >= 15 is 0 Å². The second-order valence-electron chi connectivity index (χ2n) is 8.55. The lowest BCUT2D eigenvalue weighted by Gasteiger charge is -2.25. The van der Waals surface area contributed by atoms with Crippen molar-refractivity contribution >= 4 is 65.7 Å². The highest BCUT2D eigenvalue weighted by Crippen LogP contribution is 2.19. The Morgan fingerprint density at radius 1 is 0.795 bits per heavy atom. The summed E-state index contributed by atoms with van der Waals surface area (Å²) in [6.45, 7) is -1.47. The quantitative estimate of drug-likeness (QED) is 0.0930. The highest BCUT2D eigenvalue weighted by atomic mass is 32.1. The average Bonchev–Trinajstić information content (AvgIpc) is 3.34. The van der Waals surface area contributed by atoms with Gasteiger partial charge in [-0.15, -0.1) is 0 Å². The summed E-state index contributed by atoms with van der Waals surface area (Å²) < 4.78 is 0. The molecule has 2 aromatic rings. The molecule has 0 aliphatic rings. The molecule has 0 spiro atoms. The van der Waals surface area contributed by atoms with E-state index < -0.39 is 73.0 Å². The molecule has 1 aromatic carbocycles. The predicted molar refractivity (Wildman–Crippen MR) is 149 cm³/mol. The van der Waals surface area contributed by atoms with Gasteiger partial charge in [-0.25, -0.2) is 0 Å². The number of carbonyl (C=O) groups is 5. The Labute approximate surface area is 234 Å². The van der Waals surface area contributed by atoms with E-state index in [0.29, 0.717) is 5.56 Å². The summed E-state index contributed by atoms with van der Waals surface area (Å²) in [5, 5.41) is 29.1. The van der Waals surface area contributed by atoms with Crippen molar-refractivity contribution in [2.75, 3.05) is 24.7 Å². The van der Waals surface area contributed by atoms with Crippen LogP contribution < -0.4 is 32.7 Å². The van der Waals surface area contributed by atoms with Gasteiger partial charge in [0.05, 0.1) is 13.2 Å². The average molecular weight is 584 g/mol. The van der Waals surface area contributed by atoms with Gasteiger partial charge in [0.15, 0.2) is 0 Å². The van der Waals surface area contributed by atoms with Gasteiger partial charge in [-0.3, -0.25) is 24.0 Å². The molecule has 39 heavy (non-hydrogen) atoms. The molecule has 0 bridgehead atoms. The van der Waals surface area contributed by atoms with E-state index in [1.165, 1.54) is 0 Å². The number of fused-ring (bicyclic) bond motifs is 1. The molecule has 2 rings (SSSR count). The minimum Gasteiger partial charge on any atom is -0.394 e. The van der Waals surface area contributed by atoms with E-state index in [9.17, 15) is 34.2 Å². The van der Waals surface area contributed by atoms with Crippen molar-refractivity contribution in [2.24, 2.45) is 11.5 Å². The van der Waals surface area contributed by atoms with E-state index in [2.05, 4.69) is 51.5 Å². The first-order valence-corrected chi connectivity index (χ1v) is 13.1. The van der Waals surface area contributed by atoms with Crippen molar-refractivity contribution in [1.82, 2.24) is 26.3 Å². The van der Waals surface area contributed by atoms with Crippen LogP contribution in [0, 0.1) is 0 Å². The molecule has 1 heterocycles. The Bertz CT molecular complexity index is 1180. The van der Waals surface area contributed by atoms with Gasteiger partial charge in [0.1, 0.15) is 30.2 Å². The number of primary amides is 1. The molecule has 11 N–H and O–H groups in total. The van der Waals surface area contributed by atoms with Crippen LogP contribution in [0.4, 0.5) is 0 Å². The second-order valence-corrected chi connectivity index (χ2v) is 9.28. The van der Waals surface area contributed by atoms with Crippen molar-refractivity contribution < 1.29 is 34.2 Å². The van der Waals surface area contributed by atoms with Crippen LogP contribution in [0.5, 0.6) is 0 Å². The van der Waals surface area contributed by atoms with Crippen molar-refractivity contribution in [3.05, 3.63) is 36.0 Å². The minimum atomic E-state index is -1.47. The summed E-state index contributed by atoms with van der Waals surface area (Å²) in [4.78, 5) is 65.3. The van der Waals surface area contributed by atoms with Gasteiger partial charge >= 0.3 is 0 Å². The maximum Gasteiger partial charge on any atom is 0.245 e. The molecule has 5 amide bonds. The number of hydrogen-bond acceptors (Lipinski definition) is 10. The van der Waals surface area contributed by atoms with Crippen LogP contribution in [0.15, 0.2) is 30.5 Å². The molecule has 14 nitrogen and oxygen atoms in total. The van der Waals surface area contributed by atoms with Crippen molar-refractivity contribution in [3.63, 3.8) is 0 Å². The number of aromatic nitrogens is 1. The largest absolute Gasteiger partial charge is 0.394 e. The zero-order chi connectivity index (χ0) is 29.1. The number of H-pyrrole nitrogens is 1. The number of carbonyl (C=O) groups excluding carboxylic acids is 5.